The number of thioether (sulfide) groups is 1. The lowest BCUT2D eigenvalue weighted by molar-refractivity contribution is -0.113. The minimum Gasteiger partial charge on any atom is -0.486 e. The number of allylic oxidation sites excluding steroid dienone is 1. The third-order valence-electron chi connectivity index (χ3n) is 5.49. The van der Waals surface area contributed by atoms with E-state index >= 15 is 0 Å². The summed E-state index contributed by atoms with van der Waals surface area (Å²) in [5.74, 6) is -0.499. The highest BCUT2D eigenvalue weighted by atomic mass is 35.5. The van der Waals surface area contributed by atoms with Gasteiger partial charge in [-0.25, -0.2) is 9.18 Å². The van der Waals surface area contributed by atoms with Gasteiger partial charge in [-0.1, -0.05) is 59.8 Å². The lowest BCUT2D eigenvalue weighted by Crippen LogP contribution is -2.16. The van der Waals surface area contributed by atoms with Gasteiger partial charge in [-0.05, 0) is 24.6 Å². The first-order valence-electron chi connectivity index (χ1n) is 11.6. The smallest absolute Gasteiger partial charge is 0.341 e. The normalized spacial score (nSPS) is 10.8. The standard InChI is InChI=1S/C27H24ClFN4O4S2/c1-4-12-33-21(14-37-18-10-11-20(29)19(28)13-18)31-32-27(33)38-15-22(34)30-25-24(26(35)36-3)23(16(2)39-25)17-8-6-5-7-9-17/h4-11,13H,1,12,14-15H2,2-3H3,(H,30,34). The molecule has 0 atom stereocenters. The van der Waals surface area contributed by atoms with Crippen molar-refractivity contribution in [1.82, 2.24) is 14.8 Å². The van der Waals surface area contributed by atoms with Crippen molar-refractivity contribution in [1.29, 1.82) is 0 Å². The van der Waals surface area contributed by atoms with Gasteiger partial charge in [-0.15, -0.1) is 28.1 Å². The molecule has 0 saturated heterocycles. The fraction of sp³-hybridized carbons (Fsp3) is 0.185. The highest BCUT2D eigenvalue weighted by Crippen LogP contribution is 2.40. The zero-order valence-electron chi connectivity index (χ0n) is 21.1. The number of aryl methyl sites for hydroxylation is 1. The second kappa shape index (κ2) is 12.9. The van der Waals surface area contributed by atoms with Crippen molar-refractivity contribution < 1.29 is 23.5 Å². The van der Waals surface area contributed by atoms with Crippen LogP contribution in [0.1, 0.15) is 21.1 Å². The number of nitrogens with zero attached hydrogens (tertiary/aromatic N) is 3. The average molecular weight is 587 g/mol. The monoisotopic (exact) mass is 586 g/mol. The maximum absolute atomic E-state index is 13.4. The largest absolute Gasteiger partial charge is 0.486 e. The van der Waals surface area contributed by atoms with E-state index in [2.05, 4.69) is 22.1 Å². The number of nitrogens with one attached hydrogen (secondary N) is 1. The molecule has 0 radical (unpaired) electrons. The van der Waals surface area contributed by atoms with E-state index in [9.17, 15) is 14.0 Å². The maximum atomic E-state index is 13.4. The second-order valence-electron chi connectivity index (χ2n) is 8.09. The van der Waals surface area contributed by atoms with Crippen LogP contribution in [0.5, 0.6) is 5.75 Å². The number of amides is 1. The van der Waals surface area contributed by atoms with Crippen LogP contribution in [0.15, 0.2) is 66.3 Å². The minimum absolute atomic E-state index is 0.0158. The molecule has 39 heavy (non-hydrogen) atoms. The highest BCUT2D eigenvalue weighted by Gasteiger charge is 2.25. The molecule has 0 spiro atoms. The Kier molecular flexibility index (Phi) is 9.39. The molecule has 0 aliphatic carbocycles. The van der Waals surface area contributed by atoms with E-state index in [-0.39, 0.29) is 23.3 Å². The van der Waals surface area contributed by atoms with Crippen LogP contribution >= 0.6 is 34.7 Å². The van der Waals surface area contributed by atoms with E-state index in [4.69, 9.17) is 21.1 Å². The summed E-state index contributed by atoms with van der Waals surface area (Å²) in [4.78, 5) is 26.5. The average Bonchev–Trinajstić information content (AvgIpc) is 3.47. The number of hydrogen-bond donors (Lipinski definition) is 1. The minimum atomic E-state index is -0.538. The predicted octanol–water partition coefficient (Wildman–Crippen LogP) is 6.39. The molecule has 12 heteroatoms. The van der Waals surface area contributed by atoms with Crippen LogP contribution < -0.4 is 10.1 Å². The molecule has 0 bridgehead atoms. The molecule has 0 aliphatic heterocycles. The number of ether oxygens (including phenoxy) is 2. The summed E-state index contributed by atoms with van der Waals surface area (Å²) in [6.07, 6.45) is 1.67. The van der Waals surface area contributed by atoms with Gasteiger partial charge in [-0.2, -0.15) is 0 Å². The Morgan fingerprint density at radius 3 is 2.69 bits per heavy atom. The summed E-state index contributed by atoms with van der Waals surface area (Å²) in [5.41, 5.74) is 1.91. The molecule has 0 saturated carbocycles. The lowest BCUT2D eigenvalue weighted by Gasteiger charge is -2.10. The van der Waals surface area contributed by atoms with Gasteiger partial charge in [0.2, 0.25) is 5.91 Å². The predicted molar refractivity (Wildman–Crippen MR) is 151 cm³/mol. The molecule has 202 valence electrons. The lowest BCUT2D eigenvalue weighted by atomic mass is 10.0. The zero-order valence-corrected chi connectivity index (χ0v) is 23.5. The molecule has 1 N–H and O–H groups in total. The molecule has 0 fully saturated rings. The Balaban J connectivity index is 1.47. The van der Waals surface area contributed by atoms with Gasteiger partial charge >= 0.3 is 5.97 Å². The second-order valence-corrected chi connectivity index (χ2v) is 10.7. The molecule has 2 aromatic carbocycles. The number of thiophene rings is 1. The molecule has 2 heterocycles. The van der Waals surface area contributed by atoms with E-state index < -0.39 is 11.8 Å². The van der Waals surface area contributed by atoms with Crippen molar-refractivity contribution >= 4 is 51.6 Å². The molecule has 8 nitrogen and oxygen atoms in total. The SMILES string of the molecule is C=CCn1c(COc2ccc(F)c(Cl)c2)nnc1SCC(=O)Nc1sc(C)c(-c2ccccc2)c1C(=O)OC. The Hall–Kier alpha value is -3.67. The van der Waals surface area contributed by atoms with Gasteiger partial charge in [0.15, 0.2) is 11.0 Å². The summed E-state index contributed by atoms with van der Waals surface area (Å²) >= 11 is 8.31. The Labute approximate surface area is 237 Å². The van der Waals surface area contributed by atoms with Crippen molar-refractivity contribution in [3.63, 3.8) is 0 Å². The van der Waals surface area contributed by atoms with Crippen molar-refractivity contribution in [3.05, 3.63) is 88.3 Å². The number of halogens is 2. The van der Waals surface area contributed by atoms with Gasteiger partial charge in [-0.3, -0.25) is 9.36 Å². The van der Waals surface area contributed by atoms with Crippen LogP contribution in [-0.2, 0) is 22.7 Å². The number of hydrogen-bond acceptors (Lipinski definition) is 8. The third-order valence-corrected chi connectivity index (χ3v) is 7.76. The number of carbonyl (C=O) groups is 2. The summed E-state index contributed by atoms with van der Waals surface area (Å²) in [5, 5.41) is 12.1. The zero-order chi connectivity index (χ0) is 27.9. The van der Waals surface area contributed by atoms with E-state index in [1.165, 1.54) is 48.4 Å². The highest BCUT2D eigenvalue weighted by molar-refractivity contribution is 7.99. The summed E-state index contributed by atoms with van der Waals surface area (Å²) in [6.45, 7) is 6.10. The Bertz CT molecular complexity index is 1510. The number of aromatic nitrogens is 3. The summed E-state index contributed by atoms with van der Waals surface area (Å²) in [7, 11) is 1.31. The van der Waals surface area contributed by atoms with Crippen LogP contribution in [0, 0.1) is 12.7 Å². The molecule has 0 unspecified atom stereocenters. The third kappa shape index (κ3) is 6.67. The number of esters is 1. The quantitative estimate of drug-likeness (QED) is 0.124. The van der Waals surface area contributed by atoms with Crippen molar-refractivity contribution in [2.75, 3.05) is 18.2 Å². The molecule has 0 aliphatic rings. The van der Waals surface area contributed by atoms with Crippen molar-refractivity contribution in [3.8, 4) is 16.9 Å². The van der Waals surface area contributed by atoms with Gasteiger partial charge in [0.1, 0.15) is 28.7 Å². The number of carbonyl (C=O) groups excluding carboxylic acids is 2. The number of benzene rings is 2. The summed E-state index contributed by atoms with van der Waals surface area (Å²) < 4.78 is 25.9. The molecular weight excluding hydrogens is 563 g/mol. The Morgan fingerprint density at radius 2 is 2.00 bits per heavy atom. The fourth-order valence-electron chi connectivity index (χ4n) is 3.73. The van der Waals surface area contributed by atoms with Gasteiger partial charge in [0.25, 0.3) is 0 Å². The van der Waals surface area contributed by atoms with E-state index in [1.54, 1.807) is 10.6 Å². The van der Waals surface area contributed by atoms with E-state index in [0.717, 1.165) is 16.0 Å². The Morgan fingerprint density at radius 1 is 1.23 bits per heavy atom. The molecule has 4 aromatic rings. The van der Waals surface area contributed by atoms with E-state index in [1.807, 2.05) is 37.3 Å². The van der Waals surface area contributed by atoms with Gasteiger partial charge < -0.3 is 14.8 Å². The van der Waals surface area contributed by atoms with Crippen LogP contribution in [0.25, 0.3) is 11.1 Å². The number of anilines is 1. The molecule has 1 amide bonds. The van der Waals surface area contributed by atoms with Crippen LogP contribution in [-0.4, -0.2) is 39.5 Å². The van der Waals surface area contributed by atoms with Crippen molar-refractivity contribution in [2.45, 2.75) is 25.2 Å². The fourth-order valence-corrected chi connectivity index (χ4v) is 5.75. The first-order valence-corrected chi connectivity index (χ1v) is 13.8. The topological polar surface area (TPSA) is 95.3 Å². The maximum Gasteiger partial charge on any atom is 0.341 e. The number of rotatable bonds is 11. The van der Waals surface area contributed by atoms with Crippen molar-refractivity contribution in [2.24, 2.45) is 0 Å². The van der Waals surface area contributed by atoms with Crippen LogP contribution in [0.2, 0.25) is 5.02 Å². The molecular formula is C27H24ClFN4O4S2. The van der Waals surface area contributed by atoms with Crippen LogP contribution in [0.4, 0.5) is 9.39 Å². The first kappa shape index (κ1) is 28.3. The molecule has 2 aromatic heterocycles. The first-order chi connectivity index (χ1) is 18.8. The number of methoxy groups -OCH3 is 1. The molecule has 4 rings (SSSR count). The van der Waals surface area contributed by atoms with Gasteiger partial charge in [0.05, 0.1) is 17.9 Å². The van der Waals surface area contributed by atoms with Gasteiger partial charge in [0, 0.05) is 23.1 Å². The van der Waals surface area contributed by atoms with E-state index in [0.29, 0.717) is 33.8 Å². The van der Waals surface area contributed by atoms with Crippen LogP contribution in [0.3, 0.4) is 0 Å². The summed E-state index contributed by atoms with van der Waals surface area (Å²) in [6, 6.07) is 13.5.